The fourth-order valence-electron chi connectivity index (χ4n) is 1.65. The van der Waals surface area contributed by atoms with Gasteiger partial charge < -0.3 is 9.57 Å². The van der Waals surface area contributed by atoms with Crippen LogP contribution in [0.3, 0.4) is 0 Å². The molecule has 0 amide bonds. The smallest absolute Gasteiger partial charge is 0.126 e. The summed E-state index contributed by atoms with van der Waals surface area (Å²) in [5.74, 6) is 5.79. The van der Waals surface area contributed by atoms with Gasteiger partial charge in [-0.3, -0.25) is 0 Å². The number of methoxy groups -OCH3 is 1. The number of benzene rings is 1. The van der Waals surface area contributed by atoms with Gasteiger partial charge in [0.1, 0.15) is 5.75 Å². The minimum atomic E-state index is 0.497. The minimum Gasteiger partial charge on any atom is -0.496 e. The maximum absolute atomic E-state index is 6.22. The lowest BCUT2D eigenvalue weighted by Crippen LogP contribution is -1.99. The van der Waals surface area contributed by atoms with E-state index in [0.29, 0.717) is 6.61 Å². The van der Waals surface area contributed by atoms with Crippen LogP contribution in [0.2, 0.25) is 5.02 Å². The lowest BCUT2D eigenvalue weighted by atomic mass is 10.0. The zero-order chi connectivity index (χ0) is 12.8. The van der Waals surface area contributed by atoms with E-state index in [1.165, 1.54) is 0 Å². The van der Waals surface area contributed by atoms with E-state index >= 15 is 0 Å². The zero-order valence-electron chi connectivity index (χ0n) is 10.4. The first kappa shape index (κ1) is 14.0. The van der Waals surface area contributed by atoms with Gasteiger partial charge in [0.2, 0.25) is 0 Å². The molecule has 0 aromatic heterocycles. The van der Waals surface area contributed by atoms with Gasteiger partial charge >= 0.3 is 0 Å². The molecule has 1 aromatic carbocycles. The molecule has 2 N–H and O–H groups in total. The Kier molecular flexibility index (Phi) is 5.48. The number of aryl methyl sites for hydroxylation is 1. The van der Waals surface area contributed by atoms with Crippen molar-refractivity contribution in [3.05, 3.63) is 33.9 Å². The van der Waals surface area contributed by atoms with E-state index in [1.54, 1.807) is 7.11 Å². The number of hydrogen-bond acceptors (Lipinski definition) is 3. The van der Waals surface area contributed by atoms with Gasteiger partial charge in [-0.05, 0) is 37.5 Å². The largest absolute Gasteiger partial charge is 0.496 e. The van der Waals surface area contributed by atoms with Crippen LogP contribution in [0.25, 0.3) is 6.08 Å². The van der Waals surface area contributed by atoms with E-state index in [9.17, 15) is 0 Å². The fraction of sp³-hybridized carbons (Fsp3) is 0.385. The summed E-state index contributed by atoms with van der Waals surface area (Å²) in [5, 5.41) is 0.778. The monoisotopic (exact) mass is 255 g/mol. The highest BCUT2D eigenvalue weighted by atomic mass is 35.5. The Hall–Kier alpha value is -1.03. The van der Waals surface area contributed by atoms with Gasteiger partial charge in [-0.25, -0.2) is 5.90 Å². The summed E-state index contributed by atoms with van der Waals surface area (Å²) in [5.41, 5.74) is 3.04. The lowest BCUT2D eigenvalue weighted by molar-refractivity contribution is 0.143. The molecule has 0 saturated heterocycles. The molecule has 0 spiro atoms. The van der Waals surface area contributed by atoms with Crippen molar-refractivity contribution < 1.29 is 9.57 Å². The molecule has 1 aromatic rings. The molecular weight excluding hydrogens is 238 g/mol. The molecule has 0 aliphatic heterocycles. The van der Waals surface area contributed by atoms with Crippen LogP contribution in [-0.2, 0) is 4.84 Å². The number of ether oxygens (including phenoxy) is 1. The Morgan fingerprint density at radius 3 is 2.71 bits per heavy atom. The summed E-state index contributed by atoms with van der Waals surface area (Å²) in [6, 6.07) is 1.94. The van der Waals surface area contributed by atoms with Crippen LogP contribution in [0.15, 0.2) is 12.1 Å². The number of hydrogen-bond donors (Lipinski definition) is 1. The van der Waals surface area contributed by atoms with E-state index in [4.69, 9.17) is 22.2 Å². The van der Waals surface area contributed by atoms with Crippen LogP contribution in [0.4, 0.5) is 0 Å². The maximum Gasteiger partial charge on any atom is 0.126 e. The van der Waals surface area contributed by atoms with Gasteiger partial charge in [-0.15, -0.1) is 0 Å². The first-order valence-electron chi connectivity index (χ1n) is 5.43. The summed E-state index contributed by atoms with van der Waals surface area (Å²) in [7, 11) is 1.66. The van der Waals surface area contributed by atoms with Crippen molar-refractivity contribution in [1.82, 2.24) is 0 Å². The van der Waals surface area contributed by atoms with Crippen LogP contribution in [0, 0.1) is 13.8 Å². The Balaban J connectivity index is 3.04. The molecule has 3 nitrogen and oxygen atoms in total. The van der Waals surface area contributed by atoms with Gasteiger partial charge in [0.25, 0.3) is 0 Å². The highest BCUT2D eigenvalue weighted by molar-refractivity contribution is 6.32. The Morgan fingerprint density at radius 2 is 2.12 bits per heavy atom. The van der Waals surface area contributed by atoms with Gasteiger partial charge in [-0.2, -0.15) is 0 Å². The topological polar surface area (TPSA) is 44.5 Å². The second-order valence-corrected chi connectivity index (χ2v) is 4.19. The standard InChI is InChI=1S/C13H18ClNO2/c1-9-8-12(16-3)11(10(2)13(9)14)6-4-5-7-17-15/h4,6,8H,5,7,15H2,1-3H3/b6-4+. The first-order valence-corrected chi connectivity index (χ1v) is 5.81. The van der Waals surface area contributed by atoms with Crippen LogP contribution in [0.1, 0.15) is 23.1 Å². The molecule has 0 atom stereocenters. The number of halogens is 1. The average molecular weight is 256 g/mol. The molecule has 94 valence electrons. The van der Waals surface area contributed by atoms with Gasteiger partial charge in [0.15, 0.2) is 0 Å². The second kappa shape index (κ2) is 6.64. The fourth-order valence-corrected chi connectivity index (χ4v) is 1.81. The van der Waals surface area contributed by atoms with E-state index < -0.39 is 0 Å². The first-order chi connectivity index (χ1) is 8.11. The van der Waals surface area contributed by atoms with E-state index in [1.807, 2.05) is 32.1 Å². The summed E-state index contributed by atoms with van der Waals surface area (Å²) < 4.78 is 5.35. The van der Waals surface area contributed by atoms with Crippen LogP contribution in [0.5, 0.6) is 5.75 Å². The summed E-state index contributed by atoms with van der Waals surface area (Å²) in [6.45, 7) is 4.45. The molecule has 17 heavy (non-hydrogen) atoms. The van der Waals surface area contributed by atoms with Gasteiger partial charge in [0.05, 0.1) is 13.7 Å². The number of nitrogens with two attached hydrogens (primary N) is 1. The van der Waals surface area contributed by atoms with Crippen molar-refractivity contribution >= 4 is 17.7 Å². The molecule has 0 unspecified atom stereocenters. The Morgan fingerprint density at radius 1 is 1.41 bits per heavy atom. The molecule has 0 fully saturated rings. The Labute approximate surface area is 107 Å². The third-order valence-corrected chi connectivity index (χ3v) is 3.18. The molecule has 0 bridgehead atoms. The lowest BCUT2D eigenvalue weighted by Gasteiger charge is -2.12. The van der Waals surface area contributed by atoms with Crippen molar-refractivity contribution in [3.8, 4) is 5.75 Å². The highest BCUT2D eigenvalue weighted by Crippen LogP contribution is 2.32. The number of rotatable bonds is 5. The molecule has 4 heteroatoms. The van der Waals surface area contributed by atoms with Crippen LogP contribution in [-0.4, -0.2) is 13.7 Å². The minimum absolute atomic E-state index is 0.497. The molecular formula is C13H18ClNO2. The van der Waals surface area contributed by atoms with Gasteiger partial charge in [0, 0.05) is 10.6 Å². The third-order valence-electron chi connectivity index (χ3n) is 2.60. The summed E-state index contributed by atoms with van der Waals surface area (Å²) >= 11 is 6.22. The maximum atomic E-state index is 6.22. The van der Waals surface area contributed by atoms with E-state index in [0.717, 1.165) is 33.9 Å². The zero-order valence-corrected chi connectivity index (χ0v) is 11.2. The van der Waals surface area contributed by atoms with E-state index in [-0.39, 0.29) is 0 Å². The molecule has 0 aliphatic carbocycles. The molecule has 0 radical (unpaired) electrons. The van der Waals surface area contributed by atoms with Crippen LogP contribution >= 0.6 is 11.6 Å². The quantitative estimate of drug-likeness (QED) is 0.649. The second-order valence-electron chi connectivity index (χ2n) is 3.81. The molecule has 0 heterocycles. The predicted octanol–water partition coefficient (Wildman–Crippen LogP) is 3.26. The molecule has 0 aliphatic rings. The predicted molar refractivity (Wildman–Crippen MR) is 71.3 cm³/mol. The van der Waals surface area contributed by atoms with Gasteiger partial charge in [-0.1, -0.05) is 23.8 Å². The van der Waals surface area contributed by atoms with E-state index in [2.05, 4.69) is 4.84 Å². The van der Waals surface area contributed by atoms with Crippen molar-refractivity contribution in [1.29, 1.82) is 0 Å². The van der Waals surface area contributed by atoms with Crippen molar-refractivity contribution in [2.24, 2.45) is 5.90 Å². The summed E-state index contributed by atoms with van der Waals surface area (Å²) in [4.78, 5) is 4.50. The Bertz CT molecular complexity index is 416. The third kappa shape index (κ3) is 3.46. The average Bonchev–Trinajstić information content (AvgIpc) is 2.33. The highest BCUT2D eigenvalue weighted by Gasteiger charge is 2.09. The molecule has 0 saturated carbocycles. The van der Waals surface area contributed by atoms with Crippen molar-refractivity contribution in [2.45, 2.75) is 20.3 Å². The van der Waals surface area contributed by atoms with Crippen LogP contribution < -0.4 is 10.6 Å². The normalized spacial score (nSPS) is 11.1. The van der Waals surface area contributed by atoms with Crippen molar-refractivity contribution in [3.63, 3.8) is 0 Å². The summed E-state index contributed by atoms with van der Waals surface area (Å²) in [6.07, 6.45) is 4.73. The molecule has 1 rings (SSSR count). The SMILES string of the molecule is COc1cc(C)c(Cl)c(C)c1/C=C/CCON. The van der Waals surface area contributed by atoms with Crippen molar-refractivity contribution in [2.75, 3.05) is 13.7 Å².